The van der Waals surface area contributed by atoms with Gasteiger partial charge in [-0.2, -0.15) is 0 Å². The number of carbonyl (C=O) groups excluding carboxylic acids is 2. The topological polar surface area (TPSA) is 141 Å². The first-order valence-corrected chi connectivity index (χ1v) is 17.1. The monoisotopic (exact) mass is 681 g/mol. The third-order valence-electron chi connectivity index (χ3n) is 9.24. The fraction of sp³-hybridized carbons (Fsp3) is 0.350. The van der Waals surface area contributed by atoms with Crippen molar-refractivity contribution >= 4 is 11.8 Å². The van der Waals surface area contributed by atoms with Crippen molar-refractivity contribution in [1.29, 1.82) is 0 Å². The van der Waals surface area contributed by atoms with E-state index in [1.807, 2.05) is 111 Å². The fourth-order valence-electron chi connectivity index (χ4n) is 6.17. The molecule has 5 rings (SSSR count). The molecular formula is C40H47N3O7. The van der Waals surface area contributed by atoms with Gasteiger partial charge in [-0.1, -0.05) is 91.0 Å². The quantitative estimate of drug-likeness (QED) is 0.0791. The molecular weight excluding hydrogens is 634 g/mol. The second-order valence-corrected chi connectivity index (χ2v) is 12.9. The molecule has 50 heavy (non-hydrogen) atoms. The summed E-state index contributed by atoms with van der Waals surface area (Å²) in [5, 5.41) is 32.2. The van der Waals surface area contributed by atoms with Crippen LogP contribution in [-0.4, -0.2) is 57.9 Å². The number of aliphatic hydroxyl groups is 2. The van der Waals surface area contributed by atoms with Crippen molar-refractivity contribution in [3.8, 4) is 11.1 Å². The molecule has 2 amide bonds. The van der Waals surface area contributed by atoms with E-state index >= 15 is 0 Å². The van der Waals surface area contributed by atoms with Crippen LogP contribution in [0.5, 0.6) is 0 Å². The highest BCUT2D eigenvalue weighted by Crippen LogP contribution is 2.39. The summed E-state index contributed by atoms with van der Waals surface area (Å²) in [6, 6.07) is 33.3. The van der Waals surface area contributed by atoms with Gasteiger partial charge in [0.1, 0.15) is 0 Å². The molecule has 0 aliphatic carbocycles. The molecule has 0 spiro atoms. The van der Waals surface area contributed by atoms with E-state index in [0.29, 0.717) is 25.9 Å². The van der Waals surface area contributed by atoms with Gasteiger partial charge in [0, 0.05) is 44.0 Å². The molecule has 10 heteroatoms. The number of nitrogens with zero attached hydrogens (tertiary/aromatic N) is 1. The number of nitrogens with one attached hydrogen (secondary N) is 2. The van der Waals surface area contributed by atoms with Crippen LogP contribution in [0.4, 0.5) is 0 Å². The molecule has 0 radical (unpaired) electrons. The first kappa shape index (κ1) is 36.9. The van der Waals surface area contributed by atoms with Crippen molar-refractivity contribution in [2.45, 2.75) is 76.4 Å². The van der Waals surface area contributed by atoms with Crippen LogP contribution < -0.4 is 10.8 Å². The van der Waals surface area contributed by atoms with Crippen LogP contribution in [0.3, 0.4) is 0 Å². The number of ether oxygens (including phenoxy) is 2. The van der Waals surface area contributed by atoms with E-state index in [-0.39, 0.29) is 43.6 Å². The molecule has 5 N–H and O–H groups in total. The Morgan fingerprint density at radius 3 is 2.26 bits per heavy atom. The van der Waals surface area contributed by atoms with Crippen molar-refractivity contribution < 1.29 is 34.5 Å². The van der Waals surface area contributed by atoms with Gasteiger partial charge in [-0.3, -0.25) is 19.7 Å². The molecule has 1 aliphatic heterocycles. The van der Waals surface area contributed by atoms with Crippen LogP contribution >= 0.6 is 0 Å². The first-order valence-electron chi connectivity index (χ1n) is 17.1. The lowest BCUT2D eigenvalue weighted by molar-refractivity contribution is -0.253. The van der Waals surface area contributed by atoms with Crippen molar-refractivity contribution in [2.24, 2.45) is 0 Å². The van der Waals surface area contributed by atoms with Crippen LogP contribution in [0.2, 0.25) is 0 Å². The number of hydroxylamine groups is 1. The predicted octanol–water partition coefficient (Wildman–Crippen LogP) is 5.74. The van der Waals surface area contributed by atoms with Crippen LogP contribution in [-0.2, 0) is 32.2 Å². The van der Waals surface area contributed by atoms with E-state index in [4.69, 9.17) is 14.7 Å². The van der Waals surface area contributed by atoms with Crippen LogP contribution in [0.25, 0.3) is 11.1 Å². The van der Waals surface area contributed by atoms with Gasteiger partial charge in [-0.15, -0.1) is 0 Å². The fourth-order valence-corrected chi connectivity index (χ4v) is 6.17. The normalized spacial score (nSPS) is 18.7. The molecule has 264 valence electrons. The predicted molar refractivity (Wildman–Crippen MR) is 189 cm³/mol. The lowest BCUT2D eigenvalue weighted by Crippen LogP contribution is -2.43. The SMILES string of the molecule is C[C@@H]([C@H](O)c1ccccc1)N(C)C[C@@H]1C[C@H](c2ccc(CO)cc2)O[C@H](c2cccc(-c3cccc(CNC(=O)CCCC(=O)NO)c3)c2)O1. The lowest BCUT2D eigenvalue weighted by atomic mass is 9.97. The number of amides is 2. The molecule has 1 aliphatic rings. The Kier molecular flexibility index (Phi) is 13.3. The number of benzene rings is 4. The zero-order valence-electron chi connectivity index (χ0n) is 28.6. The average molecular weight is 682 g/mol. The van der Waals surface area contributed by atoms with E-state index in [2.05, 4.69) is 16.3 Å². The minimum absolute atomic E-state index is 0.0293. The van der Waals surface area contributed by atoms with Gasteiger partial charge in [0.05, 0.1) is 24.9 Å². The highest BCUT2D eigenvalue weighted by molar-refractivity contribution is 5.78. The van der Waals surface area contributed by atoms with Crippen molar-refractivity contribution in [2.75, 3.05) is 13.6 Å². The second kappa shape index (κ2) is 18.0. The van der Waals surface area contributed by atoms with E-state index in [0.717, 1.165) is 38.9 Å². The van der Waals surface area contributed by atoms with Gasteiger partial charge in [-0.25, -0.2) is 5.48 Å². The van der Waals surface area contributed by atoms with Crippen LogP contribution in [0.1, 0.15) is 78.9 Å². The van der Waals surface area contributed by atoms with Gasteiger partial charge >= 0.3 is 0 Å². The zero-order valence-corrected chi connectivity index (χ0v) is 28.6. The maximum atomic E-state index is 12.3. The van der Waals surface area contributed by atoms with Gasteiger partial charge in [-0.05, 0) is 65.9 Å². The summed E-state index contributed by atoms with van der Waals surface area (Å²) in [4.78, 5) is 25.6. The van der Waals surface area contributed by atoms with Crippen molar-refractivity contribution in [3.05, 3.63) is 131 Å². The summed E-state index contributed by atoms with van der Waals surface area (Å²) in [5.74, 6) is -0.681. The van der Waals surface area contributed by atoms with Crippen molar-refractivity contribution in [3.63, 3.8) is 0 Å². The molecule has 0 bridgehead atoms. The summed E-state index contributed by atoms with van der Waals surface area (Å²) in [5.41, 5.74) is 8.03. The van der Waals surface area contributed by atoms with Gasteiger partial charge < -0.3 is 25.0 Å². The summed E-state index contributed by atoms with van der Waals surface area (Å²) >= 11 is 0. The summed E-state index contributed by atoms with van der Waals surface area (Å²) < 4.78 is 13.3. The molecule has 1 fully saturated rings. The van der Waals surface area contributed by atoms with Crippen LogP contribution in [0, 0.1) is 0 Å². The van der Waals surface area contributed by atoms with E-state index in [9.17, 15) is 19.8 Å². The molecule has 5 atom stereocenters. The largest absolute Gasteiger partial charge is 0.392 e. The number of carbonyl (C=O) groups is 2. The number of rotatable bonds is 15. The minimum atomic E-state index is -0.653. The zero-order chi connectivity index (χ0) is 35.5. The highest BCUT2D eigenvalue weighted by Gasteiger charge is 2.34. The number of hydrogen-bond donors (Lipinski definition) is 5. The molecule has 1 heterocycles. The Morgan fingerprint density at radius 2 is 1.54 bits per heavy atom. The molecule has 4 aromatic rings. The second-order valence-electron chi connectivity index (χ2n) is 12.9. The number of aliphatic hydroxyl groups excluding tert-OH is 2. The van der Waals surface area contributed by atoms with E-state index in [1.165, 1.54) is 0 Å². The van der Waals surface area contributed by atoms with E-state index in [1.54, 1.807) is 5.48 Å². The first-order chi connectivity index (χ1) is 24.2. The summed E-state index contributed by atoms with van der Waals surface area (Å²) in [6.45, 7) is 2.91. The third-order valence-corrected chi connectivity index (χ3v) is 9.24. The maximum absolute atomic E-state index is 12.3. The molecule has 0 saturated carbocycles. The highest BCUT2D eigenvalue weighted by atomic mass is 16.7. The number of likely N-dealkylation sites (N-methyl/N-ethyl adjacent to an activating group) is 1. The number of hydrogen-bond acceptors (Lipinski definition) is 8. The van der Waals surface area contributed by atoms with Crippen molar-refractivity contribution in [1.82, 2.24) is 15.7 Å². The molecule has 1 saturated heterocycles. The average Bonchev–Trinajstić information content (AvgIpc) is 3.16. The molecule has 10 nitrogen and oxygen atoms in total. The Balaban J connectivity index is 1.30. The molecule has 0 aromatic heterocycles. The smallest absolute Gasteiger partial charge is 0.243 e. The Labute approximate surface area is 293 Å². The lowest BCUT2D eigenvalue weighted by Gasteiger charge is -2.39. The minimum Gasteiger partial charge on any atom is -0.392 e. The summed E-state index contributed by atoms with van der Waals surface area (Å²) in [7, 11) is 2.00. The molecule has 0 unspecified atom stereocenters. The van der Waals surface area contributed by atoms with Gasteiger partial charge in [0.15, 0.2) is 6.29 Å². The standard InChI is InChI=1S/C40H47N3O7/c1-27(39(47)31-10-4-3-5-11-31)43(2)25-35-23-36(30-19-17-28(26-44)18-20-30)50-40(49-35)34-14-7-13-33(22-34)32-12-6-9-29(21-32)24-41-37(45)15-8-16-38(46)42-48/h3-7,9-14,17-22,27,35-36,39-40,44,47-48H,8,15-16,23-26H2,1-2H3,(H,41,45)(H,42,46)/t27-,35-,36+,39-,40+/m0/s1. The maximum Gasteiger partial charge on any atom is 0.243 e. The summed E-state index contributed by atoms with van der Waals surface area (Å²) in [6.07, 6.45) is -0.509. The van der Waals surface area contributed by atoms with E-state index < -0.39 is 18.3 Å². The van der Waals surface area contributed by atoms with Gasteiger partial charge in [0.2, 0.25) is 11.8 Å². The third kappa shape index (κ3) is 10.1. The Morgan fingerprint density at radius 1 is 0.840 bits per heavy atom. The molecule has 4 aromatic carbocycles. The Bertz CT molecular complexity index is 1680. The van der Waals surface area contributed by atoms with Crippen LogP contribution in [0.15, 0.2) is 103 Å². The van der Waals surface area contributed by atoms with Gasteiger partial charge in [0.25, 0.3) is 0 Å². The Hall–Kier alpha value is -4.42.